The predicted octanol–water partition coefficient (Wildman–Crippen LogP) is 2.25. The van der Waals surface area contributed by atoms with Gasteiger partial charge < -0.3 is 15.4 Å². The first-order valence-electron chi connectivity index (χ1n) is 7.63. The van der Waals surface area contributed by atoms with Crippen molar-refractivity contribution in [2.24, 2.45) is 5.92 Å². The van der Waals surface area contributed by atoms with E-state index in [0.717, 1.165) is 30.2 Å². The molecular weight excluding hydrogens is 286 g/mol. The SMILES string of the molecule is COC(C)c1nc(CNC(=O)CCC2CCNCC2)cs1. The summed E-state index contributed by atoms with van der Waals surface area (Å²) in [6.45, 7) is 4.66. The summed E-state index contributed by atoms with van der Waals surface area (Å²) in [6, 6.07) is 0. The lowest BCUT2D eigenvalue weighted by Gasteiger charge is -2.22. The number of aromatic nitrogens is 1. The van der Waals surface area contributed by atoms with E-state index in [2.05, 4.69) is 15.6 Å². The first-order chi connectivity index (χ1) is 10.2. The van der Waals surface area contributed by atoms with Gasteiger partial charge in [-0.05, 0) is 45.2 Å². The molecule has 1 saturated heterocycles. The predicted molar refractivity (Wildman–Crippen MR) is 84.2 cm³/mol. The maximum Gasteiger partial charge on any atom is 0.220 e. The number of thiazole rings is 1. The van der Waals surface area contributed by atoms with E-state index in [0.29, 0.717) is 18.9 Å². The van der Waals surface area contributed by atoms with Gasteiger partial charge in [0.25, 0.3) is 0 Å². The fourth-order valence-electron chi connectivity index (χ4n) is 2.47. The minimum Gasteiger partial charge on any atom is -0.375 e. The molecule has 1 aromatic rings. The average molecular weight is 311 g/mol. The monoisotopic (exact) mass is 311 g/mol. The van der Waals surface area contributed by atoms with Crippen LogP contribution < -0.4 is 10.6 Å². The van der Waals surface area contributed by atoms with Gasteiger partial charge in [0.2, 0.25) is 5.91 Å². The van der Waals surface area contributed by atoms with E-state index in [1.807, 2.05) is 12.3 Å². The molecule has 0 spiro atoms. The summed E-state index contributed by atoms with van der Waals surface area (Å²) >= 11 is 1.58. The molecule has 1 unspecified atom stereocenters. The fraction of sp³-hybridized carbons (Fsp3) is 0.733. The van der Waals surface area contributed by atoms with E-state index < -0.39 is 0 Å². The van der Waals surface area contributed by atoms with Crippen LogP contribution in [0.25, 0.3) is 0 Å². The van der Waals surface area contributed by atoms with Crippen LogP contribution in [-0.2, 0) is 16.1 Å². The van der Waals surface area contributed by atoms with Crippen molar-refractivity contribution < 1.29 is 9.53 Å². The molecular formula is C15H25N3O2S. The van der Waals surface area contributed by atoms with Crippen molar-refractivity contribution in [1.82, 2.24) is 15.6 Å². The Morgan fingerprint density at radius 3 is 3.05 bits per heavy atom. The van der Waals surface area contributed by atoms with Crippen LogP contribution in [0.1, 0.15) is 49.4 Å². The Labute approximate surface area is 130 Å². The molecule has 1 amide bonds. The topological polar surface area (TPSA) is 63.2 Å². The van der Waals surface area contributed by atoms with Crippen LogP contribution in [0.3, 0.4) is 0 Å². The quantitative estimate of drug-likeness (QED) is 0.811. The molecule has 5 nitrogen and oxygen atoms in total. The second-order valence-electron chi connectivity index (χ2n) is 5.56. The van der Waals surface area contributed by atoms with Crippen molar-refractivity contribution in [3.8, 4) is 0 Å². The van der Waals surface area contributed by atoms with Crippen LogP contribution in [0.4, 0.5) is 0 Å². The number of hydrogen-bond acceptors (Lipinski definition) is 5. The third-order valence-corrected chi connectivity index (χ3v) is 5.03. The van der Waals surface area contributed by atoms with Crippen LogP contribution >= 0.6 is 11.3 Å². The second-order valence-corrected chi connectivity index (χ2v) is 6.45. The summed E-state index contributed by atoms with van der Waals surface area (Å²) < 4.78 is 5.24. The second kappa shape index (κ2) is 8.46. The van der Waals surface area contributed by atoms with Crippen LogP contribution in [-0.4, -0.2) is 31.1 Å². The van der Waals surface area contributed by atoms with Crippen molar-refractivity contribution in [3.63, 3.8) is 0 Å². The molecule has 1 aliphatic heterocycles. The number of carbonyl (C=O) groups excluding carboxylic acids is 1. The summed E-state index contributed by atoms with van der Waals surface area (Å²) in [7, 11) is 1.67. The zero-order valence-electron chi connectivity index (χ0n) is 12.9. The maximum atomic E-state index is 11.9. The van der Waals surface area contributed by atoms with Crippen molar-refractivity contribution in [3.05, 3.63) is 16.1 Å². The number of nitrogens with zero attached hydrogens (tertiary/aromatic N) is 1. The smallest absolute Gasteiger partial charge is 0.220 e. The van der Waals surface area contributed by atoms with Gasteiger partial charge in [-0.2, -0.15) is 0 Å². The first kappa shape index (κ1) is 16.4. The number of ether oxygens (including phenoxy) is 1. The Bertz CT molecular complexity index is 444. The number of piperidine rings is 1. The summed E-state index contributed by atoms with van der Waals surface area (Å²) in [5, 5.41) is 9.24. The molecule has 1 aliphatic rings. The van der Waals surface area contributed by atoms with Gasteiger partial charge in [-0.25, -0.2) is 4.98 Å². The molecule has 0 aromatic carbocycles. The Kier molecular flexibility index (Phi) is 6.60. The van der Waals surface area contributed by atoms with E-state index in [1.54, 1.807) is 18.4 Å². The Balaban J connectivity index is 1.67. The highest BCUT2D eigenvalue weighted by Crippen LogP contribution is 2.20. The number of rotatable bonds is 7. The zero-order chi connectivity index (χ0) is 15.1. The van der Waals surface area contributed by atoms with Gasteiger partial charge in [0.1, 0.15) is 11.1 Å². The minimum absolute atomic E-state index is 0.0133. The van der Waals surface area contributed by atoms with Gasteiger partial charge in [0.05, 0.1) is 12.2 Å². The number of nitrogens with one attached hydrogen (secondary N) is 2. The van der Waals surface area contributed by atoms with Crippen LogP contribution in [0.5, 0.6) is 0 Å². The van der Waals surface area contributed by atoms with E-state index >= 15 is 0 Å². The zero-order valence-corrected chi connectivity index (χ0v) is 13.7. The molecule has 1 aromatic heterocycles. The van der Waals surface area contributed by atoms with Crippen LogP contribution in [0.15, 0.2) is 5.38 Å². The van der Waals surface area contributed by atoms with Gasteiger partial charge in [-0.1, -0.05) is 0 Å². The minimum atomic E-state index is 0.0133. The normalized spacial score (nSPS) is 17.6. The highest BCUT2D eigenvalue weighted by atomic mass is 32.1. The van der Waals surface area contributed by atoms with Crippen molar-refractivity contribution in [2.45, 2.75) is 45.3 Å². The average Bonchev–Trinajstić information content (AvgIpc) is 3.00. The van der Waals surface area contributed by atoms with Gasteiger partial charge in [-0.15, -0.1) is 11.3 Å². The van der Waals surface area contributed by atoms with Gasteiger partial charge in [0, 0.05) is 18.9 Å². The molecule has 2 heterocycles. The summed E-state index contributed by atoms with van der Waals surface area (Å²) in [4.78, 5) is 16.4. The third kappa shape index (κ3) is 5.37. The van der Waals surface area contributed by atoms with Gasteiger partial charge in [0.15, 0.2) is 0 Å². The van der Waals surface area contributed by atoms with E-state index in [1.165, 1.54) is 12.8 Å². The number of amides is 1. The molecule has 118 valence electrons. The number of carbonyl (C=O) groups is 1. The molecule has 1 fully saturated rings. The Hall–Kier alpha value is -0.980. The van der Waals surface area contributed by atoms with Gasteiger partial charge in [-0.3, -0.25) is 4.79 Å². The molecule has 0 saturated carbocycles. The highest BCUT2D eigenvalue weighted by molar-refractivity contribution is 7.09. The molecule has 0 aliphatic carbocycles. The molecule has 21 heavy (non-hydrogen) atoms. The van der Waals surface area contributed by atoms with Crippen LogP contribution in [0.2, 0.25) is 0 Å². The number of hydrogen-bond donors (Lipinski definition) is 2. The molecule has 2 rings (SSSR count). The standard InChI is InChI=1S/C15H25N3O2S/c1-11(20-2)15-18-13(10-21-15)9-17-14(19)4-3-12-5-7-16-8-6-12/h10-12,16H,3-9H2,1-2H3,(H,17,19). The van der Waals surface area contributed by atoms with Crippen molar-refractivity contribution in [2.75, 3.05) is 20.2 Å². The fourth-order valence-corrected chi connectivity index (χ4v) is 3.33. The Morgan fingerprint density at radius 2 is 2.33 bits per heavy atom. The summed E-state index contributed by atoms with van der Waals surface area (Å²) in [5.41, 5.74) is 0.911. The third-order valence-electron chi connectivity index (χ3n) is 3.98. The molecule has 0 bridgehead atoms. The highest BCUT2D eigenvalue weighted by Gasteiger charge is 2.15. The van der Waals surface area contributed by atoms with Crippen molar-refractivity contribution >= 4 is 17.2 Å². The molecule has 6 heteroatoms. The first-order valence-corrected chi connectivity index (χ1v) is 8.51. The lowest BCUT2D eigenvalue weighted by atomic mass is 9.93. The van der Waals surface area contributed by atoms with E-state index in [-0.39, 0.29) is 12.0 Å². The number of methoxy groups -OCH3 is 1. The Morgan fingerprint density at radius 1 is 1.57 bits per heavy atom. The van der Waals surface area contributed by atoms with E-state index in [4.69, 9.17) is 4.74 Å². The largest absolute Gasteiger partial charge is 0.375 e. The molecule has 0 radical (unpaired) electrons. The van der Waals surface area contributed by atoms with Gasteiger partial charge >= 0.3 is 0 Å². The lowest BCUT2D eigenvalue weighted by molar-refractivity contribution is -0.121. The maximum absolute atomic E-state index is 11.9. The van der Waals surface area contributed by atoms with Crippen molar-refractivity contribution in [1.29, 1.82) is 0 Å². The molecule has 2 N–H and O–H groups in total. The molecule has 1 atom stereocenters. The summed E-state index contributed by atoms with van der Waals surface area (Å²) in [5.74, 6) is 0.827. The summed E-state index contributed by atoms with van der Waals surface area (Å²) in [6.07, 6.45) is 4.02. The lowest BCUT2D eigenvalue weighted by Crippen LogP contribution is -2.29. The van der Waals surface area contributed by atoms with Crippen LogP contribution in [0, 0.1) is 5.92 Å². The van der Waals surface area contributed by atoms with E-state index in [9.17, 15) is 4.79 Å².